The van der Waals surface area contributed by atoms with E-state index >= 15 is 0 Å². The van der Waals surface area contributed by atoms with Crippen molar-refractivity contribution in [3.8, 4) is 0 Å². The molecule has 4 nitrogen and oxygen atoms in total. The highest BCUT2D eigenvalue weighted by Gasteiger charge is 2.28. The highest BCUT2D eigenvalue weighted by Crippen LogP contribution is 2.13. The van der Waals surface area contributed by atoms with Crippen molar-refractivity contribution in [1.29, 1.82) is 0 Å². The fourth-order valence-corrected chi connectivity index (χ4v) is 2.18. The van der Waals surface area contributed by atoms with Crippen LogP contribution in [0.25, 0.3) is 0 Å². The summed E-state index contributed by atoms with van der Waals surface area (Å²) in [6, 6.07) is 0.597. The van der Waals surface area contributed by atoms with Crippen LogP contribution in [0.2, 0.25) is 0 Å². The van der Waals surface area contributed by atoms with Gasteiger partial charge in [0.25, 0.3) is 0 Å². The standard InChI is InChI=1S/C13H27N3O/c1-5-11(3)16(4)9-8-15-13(17)12-10(2)6-7-14-12/h10-12,14H,5-9H2,1-4H3,(H,15,17). The first-order valence-corrected chi connectivity index (χ1v) is 6.77. The van der Waals surface area contributed by atoms with Gasteiger partial charge in [0.15, 0.2) is 0 Å². The van der Waals surface area contributed by atoms with Crippen LogP contribution in [0.3, 0.4) is 0 Å². The van der Waals surface area contributed by atoms with Gasteiger partial charge in [0, 0.05) is 19.1 Å². The van der Waals surface area contributed by atoms with Crippen LogP contribution >= 0.6 is 0 Å². The third-order valence-corrected chi connectivity index (χ3v) is 3.92. The zero-order valence-electron chi connectivity index (χ0n) is 11.6. The minimum Gasteiger partial charge on any atom is -0.353 e. The van der Waals surface area contributed by atoms with E-state index in [1.165, 1.54) is 0 Å². The Morgan fingerprint density at radius 3 is 2.82 bits per heavy atom. The number of carbonyl (C=O) groups is 1. The minimum absolute atomic E-state index is 0.0175. The van der Waals surface area contributed by atoms with Crippen molar-refractivity contribution < 1.29 is 4.79 Å². The maximum atomic E-state index is 11.9. The van der Waals surface area contributed by atoms with Gasteiger partial charge in [-0.3, -0.25) is 4.79 Å². The van der Waals surface area contributed by atoms with Crippen LogP contribution in [0.15, 0.2) is 0 Å². The molecule has 0 aromatic rings. The van der Waals surface area contributed by atoms with E-state index in [1.807, 2.05) is 0 Å². The van der Waals surface area contributed by atoms with Crippen LogP contribution in [0.1, 0.15) is 33.6 Å². The van der Waals surface area contributed by atoms with Crippen molar-refractivity contribution in [1.82, 2.24) is 15.5 Å². The first kappa shape index (κ1) is 14.5. The second kappa shape index (κ2) is 6.97. The van der Waals surface area contributed by atoms with Gasteiger partial charge in [0.05, 0.1) is 6.04 Å². The first-order valence-electron chi connectivity index (χ1n) is 6.77. The molecule has 0 spiro atoms. The Balaban J connectivity index is 2.20. The lowest BCUT2D eigenvalue weighted by molar-refractivity contribution is -0.123. The lowest BCUT2D eigenvalue weighted by atomic mass is 10.0. The fraction of sp³-hybridized carbons (Fsp3) is 0.923. The molecule has 2 N–H and O–H groups in total. The SMILES string of the molecule is CCC(C)N(C)CCNC(=O)C1NCCC1C. The predicted molar refractivity (Wildman–Crippen MR) is 71.0 cm³/mol. The number of nitrogens with zero attached hydrogens (tertiary/aromatic N) is 1. The summed E-state index contributed by atoms with van der Waals surface area (Å²) >= 11 is 0. The third-order valence-electron chi connectivity index (χ3n) is 3.92. The molecule has 0 saturated carbocycles. The van der Waals surface area contributed by atoms with Gasteiger partial charge < -0.3 is 15.5 Å². The van der Waals surface area contributed by atoms with Crippen molar-refractivity contribution in [3.63, 3.8) is 0 Å². The summed E-state index contributed by atoms with van der Waals surface area (Å²) in [5.41, 5.74) is 0. The van der Waals surface area contributed by atoms with Crippen molar-refractivity contribution in [2.45, 2.75) is 45.7 Å². The van der Waals surface area contributed by atoms with Crippen LogP contribution < -0.4 is 10.6 Å². The van der Waals surface area contributed by atoms with Gasteiger partial charge in [-0.15, -0.1) is 0 Å². The number of hydrogen-bond acceptors (Lipinski definition) is 3. The summed E-state index contributed by atoms with van der Waals surface area (Å²) in [6.45, 7) is 9.15. The fourth-order valence-electron chi connectivity index (χ4n) is 2.18. The lowest BCUT2D eigenvalue weighted by Gasteiger charge is -2.24. The average Bonchev–Trinajstić information content (AvgIpc) is 2.74. The normalized spacial score (nSPS) is 26.2. The molecule has 1 aliphatic heterocycles. The van der Waals surface area contributed by atoms with Gasteiger partial charge in [-0.1, -0.05) is 13.8 Å². The average molecular weight is 241 g/mol. The molecule has 100 valence electrons. The van der Waals surface area contributed by atoms with Crippen LogP contribution in [-0.2, 0) is 4.79 Å². The molecule has 1 fully saturated rings. The van der Waals surface area contributed by atoms with E-state index in [9.17, 15) is 4.79 Å². The van der Waals surface area contributed by atoms with Gasteiger partial charge in [-0.05, 0) is 39.3 Å². The van der Waals surface area contributed by atoms with Gasteiger partial charge in [-0.25, -0.2) is 0 Å². The number of rotatable bonds is 6. The summed E-state index contributed by atoms with van der Waals surface area (Å²) in [4.78, 5) is 14.2. The van der Waals surface area contributed by atoms with Gasteiger partial charge in [-0.2, -0.15) is 0 Å². The highest BCUT2D eigenvalue weighted by atomic mass is 16.2. The molecule has 0 aromatic carbocycles. The molecule has 0 aliphatic carbocycles. The Morgan fingerprint density at radius 2 is 2.29 bits per heavy atom. The zero-order valence-corrected chi connectivity index (χ0v) is 11.6. The Labute approximate surface area is 105 Å². The van der Waals surface area contributed by atoms with E-state index in [2.05, 4.69) is 43.4 Å². The Bertz CT molecular complexity index is 245. The van der Waals surface area contributed by atoms with Crippen LogP contribution in [0.5, 0.6) is 0 Å². The molecule has 1 heterocycles. The molecular weight excluding hydrogens is 214 g/mol. The second-order valence-corrected chi connectivity index (χ2v) is 5.23. The largest absolute Gasteiger partial charge is 0.353 e. The molecule has 1 rings (SSSR count). The smallest absolute Gasteiger partial charge is 0.237 e. The molecule has 3 atom stereocenters. The number of likely N-dealkylation sites (N-methyl/N-ethyl adjacent to an activating group) is 1. The Morgan fingerprint density at radius 1 is 1.59 bits per heavy atom. The number of carbonyl (C=O) groups excluding carboxylic acids is 1. The summed E-state index contributed by atoms with van der Waals surface area (Å²) in [5.74, 6) is 0.620. The lowest BCUT2D eigenvalue weighted by Crippen LogP contribution is -2.45. The molecular formula is C13H27N3O. The molecule has 1 saturated heterocycles. The van der Waals surface area contributed by atoms with Crippen LogP contribution in [0, 0.1) is 5.92 Å². The van der Waals surface area contributed by atoms with Crippen molar-refractivity contribution in [2.24, 2.45) is 5.92 Å². The van der Waals surface area contributed by atoms with Crippen LogP contribution in [0.4, 0.5) is 0 Å². The minimum atomic E-state index is 0.0175. The Hall–Kier alpha value is -0.610. The maximum Gasteiger partial charge on any atom is 0.237 e. The molecule has 0 radical (unpaired) electrons. The van der Waals surface area contributed by atoms with Gasteiger partial charge in [0.1, 0.15) is 0 Å². The third kappa shape index (κ3) is 4.28. The van der Waals surface area contributed by atoms with Crippen molar-refractivity contribution >= 4 is 5.91 Å². The van der Waals surface area contributed by atoms with E-state index in [1.54, 1.807) is 0 Å². The molecule has 4 heteroatoms. The Kier molecular flexibility index (Phi) is 5.92. The van der Waals surface area contributed by atoms with Gasteiger partial charge >= 0.3 is 0 Å². The number of amides is 1. The summed E-state index contributed by atoms with van der Waals surface area (Å²) in [6.07, 6.45) is 2.25. The maximum absolute atomic E-state index is 11.9. The summed E-state index contributed by atoms with van der Waals surface area (Å²) in [7, 11) is 2.11. The van der Waals surface area contributed by atoms with Crippen molar-refractivity contribution in [3.05, 3.63) is 0 Å². The molecule has 17 heavy (non-hydrogen) atoms. The number of nitrogens with one attached hydrogen (secondary N) is 2. The number of hydrogen-bond donors (Lipinski definition) is 2. The van der Waals surface area contributed by atoms with E-state index in [0.29, 0.717) is 12.0 Å². The van der Waals surface area contributed by atoms with E-state index in [4.69, 9.17) is 0 Å². The second-order valence-electron chi connectivity index (χ2n) is 5.23. The molecule has 0 aromatic heterocycles. The molecule has 3 unspecified atom stereocenters. The van der Waals surface area contributed by atoms with Crippen molar-refractivity contribution in [2.75, 3.05) is 26.7 Å². The monoisotopic (exact) mass is 241 g/mol. The topological polar surface area (TPSA) is 44.4 Å². The van der Waals surface area contributed by atoms with E-state index in [0.717, 1.165) is 32.5 Å². The molecule has 1 amide bonds. The summed E-state index contributed by atoms with van der Waals surface area (Å²) < 4.78 is 0. The van der Waals surface area contributed by atoms with E-state index < -0.39 is 0 Å². The van der Waals surface area contributed by atoms with Gasteiger partial charge in [0.2, 0.25) is 5.91 Å². The zero-order chi connectivity index (χ0) is 12.8. The highest BCUT2D eigenvalue weighted by molar-refractivity contribution is 5.82. The quantitative estimate of drug-likeness (QED) is 0.724. The molecule has 0 bridgehead atoms. The predicted octanol–water partition coefficient (Wildman–Crippen LogP) is 0.831. The van der Waals surface area contributed by atoms with E-state index in [-0.39, 0.29) is 11.9 Å². The van der Waals surface area contributed by atoms with Crippen LogP contribution in [-0.4, -0.2) is 49.6 Å². The molecule has 1 aliphatic rings. The summed E-state index contributed by atoms with van der Waals surface area (Å²) in [5, 5.41) is 6.27. The first-order chi connectivity index (χ1) is 8.06.